The molecule has 0 saturated carbocycles. The molecule has 1 aromatic carbocycles. The lowest BCUT2D eigenvalue weighted by atomic mass is 9.99. The summed E-state index contributed by atoms with van der Waals surface area (Å²) in [6, 6.07) is 5.87. The summed E-state index contributed by atoms with van der Waals surface area (Å²) in [5, 5.41) is 3.54. The third kappa shape index (κ3) is 2.35. The van der Waals surface area contributed by atoms with Gasteiger partial charge in [0.1, 0.15) is 5.56 Å². The molecule has 2 heterocycles. The zero-order chi connectivity index (χ0) is 15.0. The SMILES string of the molecule is CCC(C)NC(=O)c1cn2c3c(cccc3c1=O)CCC2. The van der Waals surface area contributed by atoms with E-state index >= 15 is 0 Å². The Morgan fingerprint density at radius 3 is 3.00 bits per heavy atom. The molecule has 0 spiro atoms. The van der Waals surface area contributed by atoms with Gasteiger partial charge in [-0.2, -0.15) is 0 Å². The first-order valence-corrected chi connectivity index (χ1v) is 7.57. The summed E-state index contributed by atoms with van der Waals surface area (Å²) in [7, 11) is 0. The van der Waals surface area contributed by atoms with Gasteiger partial charge in [-0.3, -0.25) is 9.59 Å². The van der Waals surface area contributed by atoms with Crippen LogP contribution in [0.25, 0.3) is 10.9 Å². The molecule has 0 saturated heterocycles. The molecule has 1 aliphatic rings. The molecule has 4 nitrogen and oxygen atoms in total. The second-order valence-corrected chi connectivity index (χ2v) is 5.76. The number of rotatable bonds is 3. The highest BCUT2D eigenvalue weighted by Gasteiger charge is 2.19. The van der Waals surface area contributed by atoms with Crippen LogP contribution in [0.1, 0.15) is 42.6 Å². The van der Waals surface area contributed by atoms with Crippen molar-refractivity contribution in [1.29, 1.82) is 0 Å². The maximum Gasteiger partial charge on any atom is 0.256 e. The summed E-state index contributed by atoms with van der Waals surface area (Å²) in [5.74, 6) is -0.268. The van der Waals surface area contributed by atoms with Gasteiger partial charge >= 0.3 is 0 Å². The van der Waals surface area contributed by atoms with Crippen LogP contribution in [0.15, 0.2) is 29.2 Å². The van der Waals surface area contributed by atoms with Gasteiger partial charge in [-0.25, -0.2) is 0 Å². The van der Waals surface area contributed by atoms with E-state index in [0.717, 1.165) is 31.3 Å². The van der Waals surface area contributed by atoms with Crippen molar-refractivity contribution >= 4 is 16.8 Å². The third-order valence-electron chi connectivity index (χ3n) is 4.26. The standard InChI is InChI=1S/C17H20N2O2/c1-3-11(2)18-17(21)14-10-19-9-5-7-12-6-4-8-13(15(12)19)16(14)20/h4,6,8,10-11H,3,5,7,9H2,1-2H3,(H,18,21). The van der Waals surface area contributed by atoms with Gasteiger partial charge in [-0.15, -0.1) is 0 Å². The first-order valence-electron chi connectivity index (χ1n) is 7.57. The average Bonchev–Trinajstić information content (AvgIpc) is 2.50. The Morgan fingerprint density at radius 1 is 1.43 bits per heavy atom. The van der Waals surface area contributed by atoms with E-state index in [1.165, 1.54) is 5.56 Å². The van der Waals surface area contributed by atoms with Crippen molar-refractivity contribution in [3.8, 4) is 0 Å². The fourth-order valence-corrected chi connectivity index (χ4v) is 2.92. The Bertz CT molecular complexity index is 761. The predicted octanol–water partition coefficient (Wildman–Crippen LogP) is 2.48. The lowest BCUT2D eigenvalue weighted by molar-refractivity contribution is 0.0937. The number of nitrogens with one attached hydrogen (secondary N) is 1. The quantitative estimate of drug-likeness (QED) is 0.941. The third-order valence-corrected chi connectivity index (χ3v) is 4.26. The zero-order valence-corrected chi connectivity index (χ0v) is 12.5. The lowest BCUT2D eigenvalue weighted by Crippen LogP contribution is -2.35. The Kier molecular flexibility index (Phi) is 3.53. The number of hydrogen-bond acceptors (Lipinski definition) is 2. The van der Waals surface area contributed by atoms with Crippen LogP contribution in [0.5, 0.6) is 0 Å². The molecule has 0 fully saturated rings. The minimum absolute atomic E-state index is 0.0697. The Morgan fingerprint density at radius 2 is 2.24 bits per heavy atom. The van der Waals surface area contributed by atoms with Crippen molar-refractivity contribution in [3.63, 3.8) is 0 Å². The molecule has 1 atom stereocenters. The van der Waals surface area contributed by atoms with Crippen molar-refractivity contribution in [2.45, 2.75) is 45.7 Å². The molecule has 3 rings (SSSR count). The lowest BCUT2D eigenvalue weighted by Gasteiger charge is -2.21. The number of para-hydroxylation sites is 1. The molecule has 1 N–H and O–H groups in total. The van der Waals surface area contributed by atoms with Gasteiger partial charge in [0.2, 0.25) is 5.43 Å². The number of carbonyl (C=O) groups is 1. The van der Waals surface area contributed by atoms with E-state index in [-0.39, 0.29) is 22.9 Å². The molecule has 1 aromatic heterocycles. The maximum absolute atomic E-state index is 12.6. The summed E-state index contributed by atoms with van der Waals surface area (Å²) < 4.78 is 2.06. The van der Waals surface area contributed by atoms with Gasteiger partial charge in [0.05, 0.1) is 5.52 Å². The van der Waals surface area contributed by atoms with Gasteiger partial charge in [0.25, 0.3) is 5.91 Å². The molecule has 2 aromatic rings. The monoisotopic (exact) mass is 284 g/mol. The summed E-state index contributed by atoms with van der Waals surface area (Å²) >= 11 is 0. The number of pyridine rings is 1. The number of benzene rings is 1. The molecule has 1 amide bonds. The topological polar surface area (TPSA) is 51.1 Å². The smallest absolute Gasteiger partial charge is 0.256 e. The van der Waals surface area contributed by atoms with Crippen LogP contribution in [0.4, 0.5) is 0 Å². The van der Waals surface area contributed by atoms with Gasteiger partial charge in [0.15, 0.2) is 0 Å². The second kappa shape index (κ2) is 5.35. The van der Waals surface area contributed by atoms with Gasteiger partial charge in [-0.1, -0.05) is 19.1 Å². The first-order chi connectivity index (χ1) is 10.1. The van der Waals surface area contributed by atoms with Crippen molar-refractivity contribution in [3.05, 3.63) is 45.7 Å². The molecule has 110 valence electrons. The van der Waals surface area contributed by atoms with Crippen LogP contribution in [-0.2, 0) is 13.0 Å². The second-order valence-electron chi connectivity index (χ2n) is 5.76. The van der Waals surface area contributed by atoms with E-state index in [2.05, 4.69) is 16.0 Å². The van der Waals surface area contributed by atoms with E-state index in [1.807, 2.05) is 26.0 Å². The number of aryl methyl sites for hydroxylation is 2. The minimum Gasteiger partial charge on any atom is -0.349 e. The fourth-order valence-electron chi connectivity index (χ4n) is 2.92. The summed E-state index contributed by atoms with van der Waals surface area (Å²) in [6.45, 7) is 4.81. The molecule has 21 heavy (non-hydrogen) atoms. The average molecular weight is 284 g/mol. The van der Waals surface area contributed by atoms with Crippen molar-refractivity contribution in [2.75, 3.05) is 0 Å². The Balaban J connectivity index is 2.16. The molecule has 0 bridgehead atoms. The van der Waals surface area contributed by atoms with Crippen LogP contribution in [0.2, 0.25) is 0 Å². The molecule has 4 heteroatoms. The van der Waals surface area contributed by atoms with Crippen LogP contribution >= 0.6 is 0 Å². The summed E-state index contributed by atoms with van der Waals surface area (Å²) in [6.07, 6.45) is 4.61. The number of carbonyl (C=O) groups excluding carboxylic acids is 1. The van der Waals surface area contributed by atoms with E-state index < -0.39 is 0 Å². The highest BCUT2D eigenvalue weighted by atomic mass is 16.2. The molecule has 0 aliphatic carbocycles. The molecule has 0 radical (unpaired) electrons. The molecular weight excluding hydrogens is 264 g/mol. The number of amides is 1. The van der Waals surface area contributed by atoms with Crippen LogP contribution in [0.3, 0.4) is 0 Å². The highest BCUT2D eigenvalue weighted by molar-refractivity contribution is 5.98. The largest absolute Gasteiger partial charge is 0.349 e. The maximum atomic E-state index is 12.6. The first kappa shape index (κ1) is 13.9. The van der Waals surface area contributed by atoms with Gasteiger partial charge < -0.3 is 9.88 Å². The van der Waals surface area contributed by atoms with E-state index in [0.29, 0.717) is 5.39 Å². The Labute approximate surface area is 123 Å². The van der Waals surface area contributed by atoms with Crippen molar-refractivity contribution in [1.82, 2.24) is 9.88 Å². The van der Waals surface area contributed by atoms with Gasteiger partial charge in [-0.05, 0) is 37.8 Å². The minimum atomic E-state index is -0.268. The molecule has 1 aliphatic heterocycles. The summed E-state index contributed by atoms with van der Waals surface area (Å²) in [5.41, 5.74) is 2.28. The molecular formula is C17H20N2O2. The van der Waals surface area contributed by atoms with Crippen molar-refractivity contribution < 1.29 is 4.79 Å². The van der Waals surface area contributed by atoms with E-state index in [4.69, 9.17) is 0 Å². The highest BCUT2D eigenvalue weighted by Crippen LogP contribution is 2.23. The van der Waals surface area contributed by atoms with E-state index in [9.17, 15) is 9.59 Å². The predicted molar refractivity (Wildman–Crippen MR) is 83.7 cm³/mol. The number of nitrogens with zero attached hydrogens (tertiary/aromatic N) is 1. The van der Waals surface area contributed by atoms with Crippen LogP contribution in [0, 0.1) is 0 Å². The zero-order valence-electron chi connectivity index (χ0n) is 12.5. The van der Waals surface area contributed by atoms with Gasteiger partial charge in [0, 0.05) is 24.2 Å². The summed E-state index contributed by atoms with van der Waals surface area (Å²) in [4.78, 5) is 24.9. The fraction of sp³-hybridized carbons (Fsp3) is 0.412. The number of hydrogen-bond donors (Lipinski definition) is 1. The number of aromatic nitrogens is 1. The van der Waals surface area contributed by atoms with Crippen LogP contribution in [-0.4, -0.2) is 16.5 Å². The molecule has 1 unspecified atom stereocenters. The van der Waals surface area contributed by atoms with E-state index in [1.54, 1.807) is 6.20 Å². The Hall–Kier alpha value is -2.10. The van der Waals surface area contributed by atoms with Crippen LogP contribution < -0.4 is 10.7 Å². The van der Waals surface area contributed by atoms with Crippen molar-refractivity contribution in [2.24, 2.45) is 0 Å². The normalized spacial score (nSPS) is 15.0.